The summed E-state index contributed by atoms with van der Waals surface area (Å²) >= 11 is 6.01. The van der Waals surface area contributed by atoms with Crippen molar-refractivity contribution in [2.75, 3.05) is 25.1 Å². The van der Waals surface area contributed by atoms with Gasteiger partial charge in [0, 0.05) is 24.5 Å². The first-order valence-electron chi connectivity index (χ1n) is 8.30. The van der Waals surface area contributed by atoms with Crippen molar-refractivity contribution < 1.29 is 24.2 Å². The van der Waals surface area contributed by atoms with E-state index in [1.165, 1.54) is 12.0 Å². The van der Waals surface area contributed by atoms with E-state index >= 15 is 0 Å². The maximum Gasteiger partial charge on any atom is 0.309 e. The number of amides is 2. The van der Waals surface area contributed by atoms with E-state index in [4.69, 9.17) is 21.4 Å². The molecule has 2 amide bonds. The Balaban J connectivity index is 2.00. The SMILES string of the molecule is COc1ccc(Cl)cc1N1CC(C(=O)NCCC(C)(C)C(=O)O)CC1=O. The second-order valence-electron chi connectivity index (χ2n) is 6.95. The average Bonchev–Trinajstić information content (AvgIpc) is 2.96. The van der Waals surface area contributed by atoms with Gasteiger partial charge in [-0.2, -0.15) is 0 Å². The van der Waals surface area contributed by atoms with Crippen LogP contribution in [0.5, 0.6) is 5.75 Å². The predicted octanol–water partition coefficient (Wildman–Crippen LogP) is 2.32. The molecule has 0 spiro atoms. The maximum atomic E-state index is 12.4. The van der Waals surface area contributed by atoms with Gasteiger partial charge in [-0.05, 0) is 38.5 Å². The first-order valence-corrected chi connectivity index (χ1v) is 8.68. The Morgan fingerprint density at radius 3 is 2.73 bits per heavy atom. The van der Waals surface area contributed by atoms with E-state index in [0.717, 1.165) is 0 Å². The van der Waals surface area contributed by atoms with Crippen LogP contribution in [0.4, 0.5) is 5.69 Å². The molecule has 0 saturated carbocycles. The minimum Gasteiger partial charge on any atom is -0.495 e. The molecule has 0 bridgehead atoms. The number of carbonyl (C=O) groups excluding carboxylic acids is 2. The van der Waals surface area contributed by atoms with Crippen molar-refractivity contribution in [2.45, 2.75) is 26.7 Å². The molecule has 1 aliphatic heterocycles. The standard InChI is InChI=1S/C18H23ClN2O5/c1-18(2,17(24)25)6-7-20-16(23)11-8-15(22)21(10-11)13-9-12(19)4-5-14(13)26-3/h4-5,9,11H,6-8,10H2,1-3H3,(H,20,23)(H,24,25). The molecule has 1 saturated heterocycles. The monoisotopic (exact) mass is 382 g/mol. The fraction of sp³-hybridized carbons (Fsp3) is 0.500. The molecule has 1 aromatic carbocycles. The first-order chi connectivity index (χ1) is 12.2. The number of hydrogen-bond acceptors (Lipinski definition) is 4. The number of rotatable bonds is 7. The molecule has 2 N–H and O–H groups in total. The summed E-state index contributed by atoms with van der Waals surface area (Å²) < 4.78 is 5.27. The summed E-state index contributed by atoms with van der Waals surface area (Å²) in [5, 5.41) is 12.3. The molecule has 1 unspecified atom stereocenters. The van der Waals surface area contributed by atoms with Gasteiger partial charge < -0.3 is 20.1 Å². The lowest BCUT2D eigenvalue weighted by molar-refractivity contribution is -0.147. The zero-order chi connectivity index (χ0) is 19.5. The van der Waals surface area contributed by atoms with E-state index in [1.54, 1.807) is 32.0 Å². The summed E-state index contributed by atoms with van der Waals surface area (Å²) in [5.41, 5.74) is -0.383. The van der Waals surface area contributed by atoms with E-state index < -0.39 is 17.3 Å². The van der Waals surface area contributed by atoms with Crippen LogP contribution in [-0.4, -0.2) is 43.1 Å². The number of carboxylic acid groups (broad SMARTS) is 1. The Bertz CT molecular complexity index is 720. The van der Waals surface area contributed by atoms with Crippen LogP contribution in [0, 0.1) is 11.3 Å². The fourth-order valence-electron chi connectivity index (χ4n) is 2.74. The highest BCUT2D eigenvalue weighted by atomic mass is 35.5. The lowest BCUT2D eigenvalue weighted by Gasteiger charge is -2.21. The largest absolute Gasteiger partial charge is 0.495 e. The molecule has 142 valence electrons. The van der Waals surface area contributed by atoms with Gasteiger partial charge in [0.15, 0.2) is 0 Å². The zero-order valence-electron chi connectivity index (χ0n) is 15.0. The number of hydrogen-bond donors (Lipinski definition) is 2. The van der Waals surface area contributed by atoms with Crippen molar-refractivity contribution in [2.24, 2.45) is 11.3 Å². The highest BCUT2D eigenvalue weighted by Crippen LogP contribution is 2.35. The molecule has 0 aromatic heterocycles. The number of carboxylic acids is 1. The van der Waals surface area contributed by atoms with Crippen LogP contribution in [-0.2, 0) is 14.4 Å². The number of ether oxygens (including phenoxy) is 1. The third-order valence-electron chi connectivity index (χ3n) is 4.56. The van der Waals surface area contributed by atoms with E-state index in [1.807, 2.05) is 0 Å². The van der Waals surface area contributed by atoms with Crippen LogP contribution >= 0.6 is 11.6 Å². The molecule has 1 aromatic rings. The van der Waals surface area contributed by atoms with Crippen LogP contribution in [0.2, 0.25) is 5.02 Å². The topological polar surface area (TPSA) is 95.9 Å². The number of methoxy groups -OCH3 is 1. The van der Waals surface area contributed by atoms with Gasteiger partial charge in [0.1, 0.15) is 5.75 Å². The van der Waals surface area contributed by atoms with Crippen LogP contribution in [0.1, 0.15) is 26.7 Å². The minimum atomic E-state index is -0.918. The fourth-order valence-corrected chi connectivity index (χ4v) is 2.91. The molecule has 0 aliphatic carbocycles. The summed E-state index contributed by atoms with van der Waals surface area (Å²) in [4.78, 5) is 37.3. The summed E-state index contributed by atoms with van der Waals surface area (Å²) in [6, 6.07) is 4.97. The molecule has 2 rings (SSSR count). The van der Waals surface area contributed by atoms with Gasteiger partial charge in [0.25, 0.3) is 0 Å². The number of nitrogens with one attached hydrogen (secondary N) is 1. The molecular weight excluding hydrogens is 360 g/mol. The molecule has 26 heavy (non-hydrogen) atoms. The maximum absolute atomic E-state index is 12.4. The van der Waals surface area contributed by atoms with Crippen LogP contribution in [0.3, 0.4) is 0 Å². The molecule has 1 fully saturated rings. The number of nitrogens with zero attached hydrogens (tertiary/aromatic N) is 1. The van der Waals surface area contributed by atoms with Crippen molar-refractivity contribution in [1.82, 2.24) is 5.32 Å². The molecule has 1 aliphatic rings. The molecule has 0 radical (unpaired) electrons. The Kier molecular flexibility index (Phi) is 6.13. The Morgan fingerprint density at radius 1 is 1.42 bits per heavy atom. The highest BCUT2D eigenvalue weighted by molar-refractivity contribution is 6.31. The van der Waals surface area contributed by atoms with E-state index in [0.29, 0.717) is 22.9 Å². The lowest BCUT2D eigenvalue weighted by atomic mass is 9.89. The van der Waals surface area contributed by atoms with Crippen molar-refractivity contribution in [3.8, 4) is 5.75 Å². The lowest BCUT2D eigenvalue weighted by Crippen LogP contribution is -2.36. The number of aliphatic carboxylic acids is 1. The van der Waals surface area contributed by atoms with Gasteiger partial charge in [-0.15, -0.1) is 0 Å². The summed E-state index contributed by atoms with van der Waals surface area (Å²) in [7, 11) is 1.50. The average molecular weight is 383 g/mol. The van der Waals surface area contributed by atoms with Gasteiger partial charge in [-0.1, -0.05) is 11.6 Å². The normalized spacial score (nSPS) is 17.3. The second kappa shape index (κ2) is 7.95. The number of anilines is 1. The van der Waals surface area contributed by atoms with Crippen LogP contribution in [0.25, 0.3) is 0 Å². The Morgan fingerprint density at radius 2 is 2.12 bits per heavy atom. The summed E-state index contributed by atoms with van der Waals surface area (Å²) in [6.45, 7) is 3.68. The van der Waals surface area contributed by atoms with Crippen molar-refractivity contribution in [3.05, 3.63) is 23.2 Å². The molecule has 1 heterocycles. The molecular formula is C18H23ClN2O5. The van der Waals surface area contributed by atoms with E-state index in [-0.39, 0.29) is 31.3 Å². The van der Waals surface area contributed by atoms with Gasteiger partial charge in [-0.25, -0.2) is 0 Å². The van der Waals surface area contributed by atoms with Crippen molar-refractivity contribution in [3.63, 3.8) is 0 Å². The Hall–Kier alpha value is -2.28. The summed E-state index contributed by atoms with van der Waals surface area (Å²) in [5.74, 6) is -1.35. The third kappa shape index (κ3) is 4.46. The van der Waals surface area contributed by atoms with Crippen LogP contribution < -0.4 is 15.0 Å². The zero-order valence-corrected chi connectivity index (χ0v) is 15.8. The predicted molar refractivity (Wildman–Crippen MR) is 97.5 cm³/mol. The highest BCUT2D eigenvalue weighted by Gasteiger charge is 2.36. The minimum absolute atomic E-state index is 0.0871. The second-order valence-corrected chi connectivity index (χ2v) is 7.39. The quantitative estimate of drug-likeness (QED) is 0.754. The summed E-state index contributed by atoms with van der Waals surface area (Å²) in [6.07, 6.45) is 0.393. The molecule has 8 heteroatoms. The van der Waals surface area contributed by atoms with Gasteiger partial charge in [-0.3, -0.25) is 14.4 Å². The first kappa shape index (κ1) is 20.0. The number of benzene rings is 1. The Labute approximate surface area is 157 Å². The van der Waals surface area contributed by atoms with Crippen molar-refractivity contribution in [1.29, 1.82) is 0 Å². The smallest absolute Gasteiger partial charge is 0.309 e. The number of carbonyl (C=O) groups is 3. The van der Waals surface area contributed by atoms with Crippen LogP contribution in [0.15, 0.2) is 18.2 Å². The van der Waals surface area contributed by atoms with Gasteiger partial charge in [0.05, 0.1) is 24.1 Å². The van der Waals surface area contributed by atoms with E-state index in [9.17, 15) is 14.4 Å². The molecule has 1 atom stereocenters. The number of halogens is 1. The van der Waals surface area contributed by atoms with Crippen molar-refractivity contribution >= 4 is 35.1 Å². The van der Waals surface area contributed by atoms with Gasteiger partial charge in [0.2, 0.25) is 11.8 Å². The third-order valence-corrected chi connectivity index (χ3v) is 4.79. The van der Waals surface area contributed by atoms with E-state index in [2.05, 4.69) is 5.32 Å². The van der Waals surface area contributed by atoms with Gasteiger partial charge >= 0.3 is 5.97 Å². The molecule has 7 nitrogen and oxygen atoms in total.